The highest BCUT2D eigenvalue weighted by Gasteiger charge is 2.53. The molecule has 348 valence electrons. The fourth-order valence-electron chi connectivity index (χ4n) is 14.0. The van der Waals surface area contributed by atoms with Gasteiger partial charge in [0.1, 0.15) is 0 Å². The van der Waals surface area contributed by atoms with E-state index in [4.69, 9.17) is 9.97 Å². The fraction of sp³-hybridized carbons (Fsp3) is 0.0278. The summed E-state index contributed by atoms with van der Waals surface area (Å²) in [7, 11) is 0. The maximum absolute atomic E-state index is 10.8. The third-order valence-electron chi connectivity index (χ3n) is 17.0. The van der Waals surface area contributed by atoms with E-state index in [9.17, 15) is 10.5 Å². The van der Waals surface area contributed by atoms with E-state index in [1.54, 1.807) is 0 Å². The molecule has 0 bridgehead atoms. The van der Waals surface area contributed by atoms with E-state index in [2.05, 4.69) is 206 Å². The van der Waals surface area contributed by atoms with Gasteiger partial charge < -0.3 is 0 Å². The number of benzene rings is 11. The fourth-order valence-corrected chi connectivity index (χ4v) is 14.0. The van der Waals surface area contributed by atoms with Crippen LogP contribution in [-0.2, 0) is 10.8 Å². The Morgan fingerprint density at radius 2 is 0.632 bits per heavy atom. The molecule has 11 aromatic carbocycles. The number of hydrogen-bond donors (Lipinski definition) is 0. The summed E-state index contributed by atoms with van der Waals surface area (Å²) in [6.45, 7) is 0. The zero-order chi connectivity index (χ0) is 50.3. The summed E-state index contributed by atoms with van der Waals surface area (Å²) >= 11 is 0. The van der Waals surface area contributed by atoms with Gasteiger partial charge in [0, 0.05) is 22.1 Å². The first-order valence-corrected chi connectivity index (χ1v) is 25.8. The molecule has 0 fully saturated rings. The standard InChI is InChI=1S/C72H40N4/c73-41-45-17-1-3-19-48(45)68-59-38-47(43-33-35-56-54-25-9-15-31-64(54)71(66(56)39-43)60-27-11-5-21-50(60)51-22-6-12-28-61(51)71)37-58(69(59)76-70(75-68)49-20-4-2-18-46(49)42-74)44-34-36-57-55-26-10-16-32-65(55)72(67(57)40-44)62-29-13-7-23-52(62)53-24-8-14-30-63(53)72/h1-40H. The maximum atomic E-state index is 10.8. The van der Waals surface area contributed by atoms with Crippen LogP contribution in [0.1, 0.15) is 55.6 Å². The summed E-state index contributed by atoms with van der Waals surface area (Å²) in [6, 6.07) is 92.1. The molecule has 0 N–H and O–H groups in total. The molecule has 12 aromatic rings. The molecule has 76 heavy (non-hydrogen) atoms. The summed E-state index contributed by atoms with van der Waals surface area (Å²) < 4.78 is 0. The van der Waals surface area contributed by atoms with Crippen molar-refractivity contribution in [2.45, 2.75) is 10.8 Å². The summed E-state index contributed by atoms with van der Waals surface area (Å²) in [5.74, 6) is 0.417. The third kappa shape index (κ3) is 5.39. The molecule has 0 aliphatic heterocycles. The minimum absolute atomic E-state index is 0.417. The lowest BCUT2D eigenvalue weighted by Gasteiger charge is -2.31. The van der Waals surface area contributed by atoms with Gasteiger partial charge >= 0.3 is 0 Å². The van der Waals surface area contributed by atoms with Crippen molar-refractivity contribution in [1.82, 2.24) is 9.97 Å². The first kappa shape index (κ1) is 42.3. The molecule has 4 nitrogen and oxygen atoms in total. The van der Waals surface area contributed by atoms with Crippen LogP contribution in [-0.4, -0.2) is 9.97 Å². The van der Waals surface area contributed by atoms with Gasteiger partial charge in [0.25, 0.3) is 0 Å². The van der Waals surface area contributed by atoms with Crippen LogP contribution in [0.15, 0.2) is 243 Å². The number of fused-ring (bicyclic) bond motifs is 21. The molecular formula is C72H40N4. The van der Waals surface area contributed by atoms with Crippen LogP contribution in [0.3, 0.4) is 0 Å². The van der Waals surface area contributed by atoms with Crippen LogP contribution >= 0.6 is 0 Å². The van der Waals surface area contributed by atoms with Crippen molar-refractivity contribution in [3.63, 3.8) is 0 Å². The molecule has 16 rings (SSSR count). The zero-order valence-electron chi connectivity index (χ0n) is 40.9. The van der Waals surface area contributed by atoms with Gasteiger partial charge in [-0.2, -0.15) is 10.5 Å². The minimum Gasteiger partial charge on any atom is -0.227 e. The van der Waals surface area contributed by atoms with E-state index in [0.717, 1.165) is 33.2 Å². The molecule has 0 atom stereocenters. The van der Waals surface area contributed by atoms with Gasteiger partial charge in [0.15, 0.2) is 5.82 Å². The first-order chi connectivity index (χ1) is 37.6. The summed E-state index contributed by atoms with van der Waals surface area (Å²) in [5, 5.41) is 22.1. The Morgan fingerprint density at radius 1 is 0.276 bits per heavy atom. The number of rotatable bonds is 4. The predicted molar refractivity (Wildman–Crippen MR) is 303 cm³/mol. The van der Waals surface area contributed by atoms with Crippen molar-refractivity contribution in [3.8, 4) is 102 Å². The van der Waals surface area contributed by atoms with Crippen LogP contribution < -0.4 is 0 Å². The van der Waals surface area contributed by atoms with Crippen molar-refractivity contribution in [3.05, 3.63) is 298 Å². The molecular weight excluding hydrogens is 921 g/mol. The second-order valence-electron chi connectivity index (χ2n) is 20.4. The Labute approximate surface area is 439 Å². The van der Waals surface area contributed by atoms with Crippen molar-refractivity contribution < 1.29 is 0 Å². The summed E-state index contributed by atoms with van der Waals surface area (Å²) in [5.41, 5.74) is 26.6. The second kappa shape index (κ2) is 15.6. The average Bonchev–Trinajstić information content (AvgIpc) is 4.23. The molecule has 0 saturated carbocycles. The molecule has 0 amide bonds. The van der Waals surface area contributed by atoms with Crippen molar-refractivity contribution in [2.75, 3.05) is 0 Å². The molecule has 0 radical (unpaired) electrons. The monoisotopic (exact) mass is 960 g/mol. The van der Waals surface area contributed by atoms with Crippen LogP contribution in [0, 0.1) is 22.7 Å². The summed E-state index contributed by atoms with van der Waals surface area (Å²) in [4.78, 5) is 10.9. The lowest BCUT2D eigenvalue weighted by atomic mass is 9.70. The molecule has 4 heteroatoms. The van der Waals surface area contributed by atoms with Gasteiger partial charge in [-0.1, -0.05) is 200 Å². The zero-order valence-corrected chi connectivity index (χ0v) is 40.9. The first-order valence-electron chi connectivity index (χ1n) is 25.8. The quantitative estimate of drug-likeness (QED) is 0.176. The largest absolute Gasteiger partial charge is 0.227 e. The van der Waals surface area contributed by atoms with Crippen LogP contribution in [0.5, 0.6) is 0 Å². The van der Waals surface area contributed by atoms with Gasteiger partial charge in [-0.15, -0.1) is 0 Å². The molecule has 4 aliphatic carbocycles. The van der Waals surface area contributed by atoms with E-state index in [-0.39, 0.29) is 0 Å². The van der Waals surface area contributed by atoms with Crippen LogP contribution in [0.25, 0.3) is 100 Å². The van der Waals surface area contributed by atoms with Gasteiger partial charge in [0.05, 0.1) is 45.3 Å². The molecule has 1 heterocycles. The third-order valence-corrected chi connectivity index (χ3v) is 17.0. The maximum Gasteiger partial charge on any atom is 0.161 e. The predicted octanol–water partition coefficient (Wildman–Crippen LogP) is 16.7. The highest BCUT2D eigenvalue weighted by molar-refractivity contribution is 6.07. The Morgan fingerprint density at radius 3 is 1.08 bits per heavy atom. The lowest BCUT2D eigenvalue weighted by molar-refractivity contribution is 0.794. The SMILES string of the molecule is N#Cc1ccccc1-c1nc(-c2ccccc2C#N)c2cc(-c3ccc4c(c3)C3(c5ccccc5-c5ccccc53)c3ccccc3-4)cc(-c3ccc4c(c3)C3(c5ccccc5-c5ccccc53)c3ccccc3-4)c2n1. The van der Waals surface area contributed by atoms with E-state index < -0.39 is 10.8 Å². The van der Waals surface area contributed by atoms with E-state index in [1.807, 2.05) is 48.5 Å². The number of aromatic nitrogens is 2. The highest BCUT2D eigenvalue weighted by atomic mass is 14.9. The minimum atomic E-state index is -0.567. The van der Waals surface area contributed by atoms with Gasteiger partial charge in [-0.3, -0.25) is 0 Å². The second-order valence-corrected chi connectivity index (χ2v) is 20.4. The van der Waals surface area contributed by atoms with Crippen LogP contribution in [0.2, 0.25) is 0 Å². The smallest absolute Gasteiger partial charge is 0.161 e. The van der Waals surface area contributed by atoms with Gasteiger partial charge in [0.2, 0.25) is 0 Å². The molecule has 0 unspecified atom stereocenters. The Hall–Kier alpha value is -10.3. The molecule has 2 spiro atoms. The summed E-state index contributed by atoms with van der Waals surface area (Å²) in [6.07, 6.45) is 0. The van der Waals surface area contributed by atoms with Crippen LogP contribution in [0.4, 0.5) is 0 Å². The van der Waals surface area contributed by atoms with E-state index in [0.29, 0.717) is 33.8 Å². The van der Waals surface area contributed by atoms with Crippen molar-refractivity contribution >= 4 is 10.9 Å². The van der Waals surface area contributed by atoms with Gasteiger partial charge in [-0.05, 0) is 148 Å². The number of nitrogens with zero attached hydrogens (tertiary/aromatic N) is 4. The Kier molecular flexibility index (Phi) is 8.69. The van der Waals surface area contributed by atoms with Gasteiger partial charge in [-0.25, -0.2) is 9.97 Å². The number of hydrogen-bond acceptors (Lipinski definition) is 4. The average molecular weight is 961 g/mol. The molecule has 0 saturated heterocycles. The van der Waals surface area contributed by atoms with Crippen molar-refractivity contribution in [2.24, 2.45) is 0 Å². The Bertz CT molecular complexity index is 4510. The highest BCUT2D eigenvalue weighted by Crippen LogP contribution is 2.65. The van der Waals surface area contributed by atoms with E-state index in [1.165, 1.54) is 89.0 Å². The molecule has 1 aromatic heterocycles. The normalized spacial score (nSPS) is 13.7. The van der Waals surface area contributed by atoms with E-state index >= 15 is 0 Å². The molecule has 4 aliphatic rings. The lowest BCUT2D eigenvalue weighted by Crippen LogP contribution is -2.25. The number of nitriles is 2. The topological polar surface area (TPSA) is 73.4 Å². The Balaban J connectivity index is 1.02. The van der Waals surface area contributed by atoms with Crippen molar-refractivity contribution in [1.29, 1.82) is 10.5 Å².